The summed E-state index contributed by atoms with van der Waals surface area (Å²) < 4.78 is 5.13. The second-order valence-electron chi connectivity index (χ2n) is 7.61. The van der Waals surface area contributed by atoms with Crippen LogP contribution in [0.15, 0.2) is 24.3 Å². The summed E-state index contributed by atoms with van der Waals surface area (Å²) in [7, 11) is 0. The van der Waals surface area contributed by atoms with Crippen LogP contribution in [0.2, 0.25) is 0 Å². The highest BCUT2D eigenvalue weighted by atomic mass is 16.5. The van der Waals surface area contributed by atoms with Crippen LogP contribution in [0.1, 0.15) is 39.0 Å². The number of benzene rings is 1. The van der Waals surface area contributed by atoms with Crippen LogP contribution in [0.3, 0.4) is 0 Å². The first-order valence-corrected chi connectivity index (χ1v) is 10.3. The molecule has 1 amide bonds. The summed E-state index contributed by atoms with van der Waals surface area (Å²) in [6.07, 6.45) is 5.65. The number of anilines is 2. The summed E-state index contributed by atoms with van der Waals surface area (Å²) in [5.74, 6) is -0.200. The van der Waals surface area contributed by atoms with E-state index in [4.69, 9.17) is 4.74 Å². The van der Waals surface area contributed by atoms with Crippen molar-refractivity contribution in [2.24, 2.45) is 5.92 Å². The van der Waals surface area contributed by atoms with Crippen LogP contribution in [-0.4, -0.2) is 51.2 Å². The van der Waals surface area contributed by atoms with E-state index in [0.29, 0.717) is 19.7 Å². The maximum Gasteiger partial charge on any atom is 0.314 e. The van der Waals surface area contributed by atoms with E-state index in [-0.39, 0.29) is 17.8 Å². The minimum absolute atomic E-state index is 0.000214. The maximum absolute atomic E-state index is 12.4. The monoisotopic (exact) mass is 374 g/mol. The Morgan fingerprint density at radius 3 is 2.59 bits per heavy atom. The number of carbonyl (C=O) groups is 2. The molecule has 2 atom stereocenters. The Hall–Kier alpha value is -2.08. The fourth-order valence-electron chi connectivity index (χ4n) is 4.11. The van der Waals surface area contributed by atoms with Gasteiger partial charge in [-0.3, -0.25) is 9.59 Å². The van der Waals surface area contributed by atoms with Crippen molar-refractivity contribution in [1.29, 1.82) is 0 Å². The van der Waals surface area contributed by atoms with Gasteiger partial charge in [-0.1, -0.05) is 0 Å². The minimum Gasteiger partial charge on any atom is -0.466 e. The molecule has 148 valence electrons. The van der Waals surface area contributed by atoms with Crippen LogP contribution in [-0.2, 0) is 14.3 Å². The molecule has 3 rings (SSSR count). The third-order valence-electron chi connectivity index (χ3n) is 5.52. The lowest BCUT2D eigenvalue weighted by molar-refractivity contribution is -0.899. The van der Waals surface area contributed by atoms with E-state index in [1.165, 1.54) is 24.9 Å². The Bertz CT molecular complexity index is 626. The lowest BCUT2D eigenvalue weighted by Gasteiger charge is -2.29. The Morgan fingerprint density at radius 2 is 1.89 bits per heavy atom. The number of ether oxygens (including phenoxy) is 1. The van der Waals surface area contributed by atoms with E-state index < -0.39 is 0 Å². The first kappa shape index (κ1) is 19.7. The summed E-state index contributed by atoms with van der Waals surface area (Å²) in [5, 5.41) is 2.99. The van der Waals surface area contributed by atoms with Crippen molar-refractivity contribution in [3.63, 3.8) is 0 Å². The van der Waals surface area contributed by atoms with E-state index in [2.05, 4.69) is 22.3 Å². The van der Waals surface area contributed by atoms with E-state index >= 15 is 0 Å². The smallest absolute Gasteiger partial charge is 0.314 e. The number of rotatable bonds is 6. The number of carbonyl (C=O) groups excluding carboxylic acids is 2. The molecule has 0 bridgehead atoms. The first-order chi connectivity index (χ1) is 13.2. The van der Waals surface area contributed by atoms with E-state index in [9.17, 15) is 9.59 Å². The summed E-state index contributed by atoms with van der Waals surface area (Å²) in [6.45, 7) is 6.48. The van der Waals surface area contributed by atoms with Gasteiger partial charge in [0.2, 0.25) is 0 Å². The zero-order valence-electron chi connectivity index (χ0n) is 16.3. The van der Waals surface area contributed by atoms with Crippen molar-refractivity contribution < 1.29 is 19.2 Å². The van der Waals surface area contributed by atoms with E-state index in [1.54, 1.807) is 0 Å². The lowest BCUT2D eigenvalue weighted by Crippen LogP contribution is -3.14. The third-order valence-corrected chi connectivity index (χ3v) is 5.52. The molecule has 0 aliphatic carbocycles. The average molecular weight is 375 g/mol. The molecule has 2 aliphatic heterocycles. The molecule has 27 heavy (non-hydrogen) atoms. The van der Waals surface area contributed by atoms with Crippen LogP contribution >= 0.6 is 0 Å². The van der Waals surface area contributed by atoms with Gasteiger partial charge in [0.15, 0.2) is 6.54 Å². The number of piperidine rings is 2. The number of hydrogen-bond donors (Lipinski definition) is 2. The first-order valence-electron chi connectivity index (χ1n) is 10.3. The predicted octanol–water partition coefficient (Wildman–Crippen LogP) is 1.47. The van der Waals surface area contributed by atoms with Gasteiger partial charge in [-0.05, 0) is 63.3 Å². The zero-order valence-corrected chi connectivity index (χ0v) is 16.3. The molecule has 0 radical (unpaired) electrons. The molecule has 2 N–H and O–H groups in total. The second-order valence-corrected chi connectivity index (χ2v) is 7.61. The van der Waals surface area contributed by atoms with Gasteiger partial charge in [-0.2, -0.15) is 0 Å². The van der Waals surface area contributed by atoms with Crippen molar-refractivity contribution in [3.05, 3.63) is 24.3 Å². The normalized spacial score (nSPS) is 22.9. The number of nitrogens with zero attached hydrogens (tertiary/aromatic N) is 1. The molecule has 2 aliphatic rings. The predicted molar refractivity (Wildman–Crippen MR) is 106 cm³/mol. The van der Waals surface area contributed by atoms with Gasteiger partial charge in [0.1, 0.15) is 5.92 Å². The summed E-state index contributed by atoms with van der Waals surface area (Å²) in [5.41, 5.74) is 2.06. The fourth-order valence-corrected chi connectivity index (χ4v) is 4.11. The number of amides is 1. The Labute approximate surface area is 161 Å². The Balaban J connectivity index is 1.47. The molecule has 1 aromatic carbocycles. The number of quaternary nitrogens is 1. The Morgan fingerprint density at radius 1 is 1.15 bits per heavy atom. The SMILES string of the molecule is CCOC(=O)[C@H]1CCC[NH+](CC(=O)Nc2ccc(N3CCCCC3)cc2)C1. The number of esters is 1. The highest BCUT2D eigenvalue weighted by Crippen LogP contribution is 2.21. The van der Waals surface area contributed by atoms with Gasteiger partial charge in [0.05, 0.1) is 19.7 Å². The van der Waals surface area contributed by atoms with Crippen molar-refractivity contribution in [1.82, 2.24) is 0 Å². The van der Waals surface area contributed by atoms with Crippen molar-refractivity contribution >= 4 is 23.3 Å². The second kappa shape index (κ2) is 9.74. The highest BCUT2D eigenvalue weighted by molar-refractivity contribution is 5.91. The number of hydrogen-bond acceptors (Lipinski definition) is 4. The van der Waals surface area contributed by atoms with Gasteiger partial charge in [0.25, 0.3) is 5.91 Å². The maximum atomic E-state index is 12.4. The van der Waals surface area contributed by atoms with Crippen molar-refractivity contribution in [3.8, 4) is 0 Å². The molecule has 6 heteroatoms. The van der Waals surface area contributed by atoms with Gasteiger partial charge >= 0.3 is 5.97 Å². The lowest BCUT2D eigenvalue weighted by atomic mass is 9.98. The van der Waals surface area contributed by atoms with E-state index in [0.717, 1.165) is 43.1 Å². The molecular formula is C21H32N3O3+. The van der Waals surface area contributed by atoms with Crippen LogP contribution in [0, 0.1) is 5.92 Å². The molecule has 1 unspecified atom stereocenters. The van der Waals surface area contributed by atoms with Crippen LogP contribution in [0.4, 0.5) is 11.4 Å². The minimum atomic E-state index is -0.122. The molecular weight excluding hydrogens is 342 g/mol. The quantitative estimate of drug-likeness (QED) is 0.741. The van der Waals surface area contributed by atoms with Crippen molar-refractivity contribution in [2.45, 2.75) is 39.0 Å². The average Bonchev–Trinajstić information content (AvgIpc) is 2.69. The Kier molecular flexibility index (Phi) is 7.10. The number of likely N-dealkylation sites (tertiary alicyclic amines) is 1. The van der Waals surface area contributed by atoms with E-state index in [1.807, 2.05) is 19.1 Å². The molecule has 2 saturated heterocycles. The summed E-state index contributed by atoms with van der Waals surface area (Å²) >= 11 is 0. The van der Waals surface area contributed by atoms with Crippen LogP contribution in [0.5, 0.6) is 0 Å². The van der Waals surface area contributed by atoms with Crippen LogP contribution < -0.4 is 15.1 Å². The van der Waals surface area contributed by atoms with Gasteiger partial charge in [-0.25, -0.2) is 0 Å². The molecule has 2 heterocycles. The third kappa shape index (κ3) is 5.70. The molecule has 6 nitrogen and oxygen atoms in total. The largest absolute Gasteiger partial charge is 0.466 e. The topological polar surface area (TPSA) is 63.1 Å². The zero-order chi connectivity index (χ0) is 19.1. The molecule has 1 aromatic rings. The van der Waals surface area contributed by atoms with Crippen LogP contribution in [0.25, 0.3) is 0 Å². The summed E-state index contributed by atoms with van der Waals surface area (Å²) in [6, 6.07) is 8.14. The summed E-state index contributed by atoms with van der Waals surface area (Å²) in [4.78, 5) is 27.9. The molecule has 0 saturated carbocycles. The fraction of sp³-hybridized carbons (Fsp3) is 0.619. The molecule has 0 aromatic heterocycles. The van der Waals surface area contributed by atoms with Gasteiger partial charge in [-0.15, -0.1) is 0 Å². The highest BCUT2D eigenvalue weighted by Gasteiger charge is 2.30. The number of nitrogens with one attached hydrogen (secondary N) is 2. The van der Waals surface area contributed by atoms with Gasteiger partial charge < -0.3 is 19.9 Å². The van der Waals surface area contributed by atoms with Crippen molar-refractivity contribution in [2.75, 3.05) is 49.5 Å². The standard InChI is InChI=1S/C21H31N3O3/c1-2-27-21(26)17-7-6-12-23(15-17)16-20(25)22-18-8-10-19(11-9-18)24-13-4-3-5-14-24/h8-11,17H,2-7,12-16H2,1H3,(H,22,25)/p+1/t17-/m0/s1. The molecule has 2 fully saturated rings. The molecule has 0 spiro atoms. The van der Waals surface area contributed by atoms with Gasteiger partial charge in [0, 0.05) is 24.5 Å².